The largest absolute Gasteiger partial charge is 0.495 e. The minimum Gasteiger partial charge on any atom is -0.495 e. The number of halogens is 1. The molecule has 1 aromatic carbocycles. The van der Waals surface area contributed by atoms with E-state index in [-0.39, 0.29) is 5.88 Å². The van der Waals surface area contributed by atoms with E-state index in [4.69, 9.17) is 16.3 Å². The number of hydrogen-bond donors (Lipinski definition) is 1. The number of ether oxygens (including phenoxy) is 1. The molecule has 0 aliphatic heterocycles. The molecule has 1 N–H and O–H groups in total. The number of aryl methyl sites for hydroxylation is 1. The normalized spacial score (nSPS) is 10.4. The summed E-state index contributed by atoms with van der Waals surface area (Å²) in [5.74, 6) is 0.676. The smallest absolute Gasteiger partial charge is 0.222 e. The summed E-state index contributed by atoms with van der Waals surface area (Å²) in [6, 6.07) is 3.66. The Bertz CT molecular complexity index is 525. The van der Waals surface area contributed by atoms with E-state index in [1.807, 2.05) is 13.0 Å². The predicted octanol–water partition coefficient (Wildman–Crippen LogP) is 3.49. The lowest BCUT2D eigenvalue weighted by atomic mass is 10.1. The molecule has 0 bridgehead atoms. The van der Waals surface area contributed by atoms with Gasteiger partial charge in [-0.15, -0.1) is 11.3 Å². The van der Waals surface area contributed by atoms with E-state index in [1.165, 1.54) is 11.3 Å². The van der Waals surface area contributed by atoms with Crippen LogP contribution in [-0.4, -0.2) is 17.2 Å². The van der Waals surface area contributed by atoms with Gasteiger partial charge in [-0.05, 0) is 24.6 Å². The molecule has 0 unspecified atom stereocenters. The third kappa shape index (κ3) is 1.99. The SMILES string of the molecule is COc1cc(C)c(-c2nc(O)cs2)cc1Cl. The molecular formula is C11H10ClNO2S. The Balaban J connectivity index is 2.54. The molecule has 16 heavy (non-hydrogen) atoms. The van der Waals surface area contributed by atoms with Crippen molar-refractivity contribution in [3.63, 3.8) is 0 Å². The fourth-order valence-corrected chi connectivity index (χ4v) is 2.43. The fraction of sp³-hybridized carbons (Fsp3) is 0.182. The summed E-state index contributed by atoms with van der Waals surface area (Å²) in [5.41, 5.74) is 1.92. The van der Waals surface area contributed by atoms with E-state index in [1.54, 1.807) is 18.6 Å². The quantitative estimate of drug-likeness (QED) is 0.893. The standard InChI is InChI=1S/C11H10ClNO2S/c1-6-3-9(15-2)8(12)4-7(6)11-13-10(14)5-16-11/h3-5,14H,1-2H3. The molecule has 84 valence electrons. The number of methoxy groups -OCH3 is 1. The van der Waals surface area contributed by atoms with Gasteiger partial charge in [-0.25, -0.2) is 4.98 Å². The molecule has 0 saturated heterocycles. The monoisotopic (exact) mass is 255 g/mol. The zero-order valence-electron chi connectivity index (χ0n) is 8.82. The van der Waals surface area contributed by atoms with Gasteiger partial charge < -0.3 is 9.84 Å². The number of nitrogens with zero attached hydrogens (tertiary/aromatic N) is 1. The van der Waals surface area contributed by atoms with Crippen molar-refractivity contribution in [1.29, 1.82) is 0 Å². The number of aromatic hydroxyl groups is 1. The zero-order chi connectivity index (χ0) is 11.7. The average molecular weight is 256 g/mol. The summed E-state index contributed by atoms with van der Waals surface area (Å²) < 4.78 is 5.12. The summed E-state index contributed by atoms with van der Waals surface area (Å²) in [5, 5.41) is 12.1. The first-order chi connectivity index (χ1) is 7.61. The van der Waals surface area contributed by atoms with Crippen molar-refractivity contribution < 1.29 is 9.84 Å². The molecule has 1 heterocycles. The van der Waals surface area contributed by atoms with Crippen molar-refractivity contribution in [3.8, 4) is 22.2 Å². The second kappa shape index (κ2) is 4.31. The minimum atomic E-state index is 0.0336. The Kier molecular flexibility index (Phi) is 3.03. The lowest BCUT2D eigenvalue weighted by Gasteiger charge is -2.07. The first-order valence-corrected chi connectivity index (χ1v) is 5.86. The first-order valence-electron chi connectivity index (χ1n) is 4.61. The first kappa shape index (κ1) is 11.2. The third-order valence-electron chi connectivity index (χ3n) is 2.22. The Morgan fingerprint density at radius 2 is 2.19 bits per heavy atom. The Morgan fingerprint density at radius 3 is 2.75 bits per heavy atom. The molecule has 2 rings (SSSR count). The van der Waals surface area contributed by atoms with Crippen LogP contribution in [0.25, 0.3) is 10.6 Å². The van der Waals surface area contributed by atoms with Crippen LogP contribution in [0.15, 0.2) is 17.5 Å². The number of thiazole rings is 1. The van der Waals surface area contributed by atoms with Crippen LogP contribution in [0.3, 0.4) is 0 Å². The molecule has 0 saturated carbocycles. The Morgan fingerprint density at radius 1 is 1.44 bits per heavy atom. The molecule has 5 heteroatoms. The lowest BCUT2D eigenvalue weighted by molar-refractivity contribution is 0.415. The molecule has 0 aliphatic carbocycles. The van der Waals surface area contributed by atoms with Crippen LogP contribution in [-0.2, 0) is 0 Å². The summed E-state index contributed by atoms with van der Waals surface area (Å²) in [4.78, 5) is 4.01. The highest BCUT2D eigenvalue weighted by Gasteiger charge is 2.11. The highest BCUT2D eigenvalue weighted by atomic mass is 35.5. The van der Waals surface area contributed by atoms with Crippen LogP contribution in [0.5, 0.6) is 11.6 Å². The molecule has 3 nitrogen and oxygen atoms in total. The maximum atomic E-state index is 9.22. The highest BCUT2D eigenvalue weighted by Crippen LogP contribution is 2.35. The zero-order valence-corrected chi connectivity index (χ0v) is 10.4. The number of rotatable bonds is 2. The van der Waals surface area contributed by atoms with Crippen LogP contribution in [0.1, 0.15) is 5.56 Å². The van der Waals surface area contributed by atoms with Crippen LogP contribution >= 0.6 is 22.9 Å². The van der Waals surface area contributed by atoms with Gasteiger partial charge in [-0.3, -0.25) is 0 Å². The summed E-state index contributed by atoms with van der Waals surface area (Å²) in [6.45, 7) is 1.95. The molecule has 0 aliphatic rings. The van der Waals surface area contributed by atoms with Gasteiger partial charge in [-0.1, -0.05) is 11.6 Å². The Hall–Kier alpha value is -1.26. The van der Waals surface area contributed by atoms with Crippen molar-refractivity contribution >= 4 is 22.9 Å². The average Bonchev–Trinajstić information content (AvgIpc) is 2.67. The van der Waals surface area contributed by atoms with Crippen molar-refractivity contribution in [2.75, 3.05) is 7.11 Å². The van der Waals surface area contributed by atoms with Crippen molar-refractivity contribution in [2.45, 2.75) is 6.92 Å². The number of hydrogen-bond acceptors (Lipinski definition) is 4. The van der Waals surface area contributed by atoms with Crippen LogP contribution in [0.4, 0.5) is 0 Å². The van der Waals surface area contributed by atoms with Crippen molar-refractivity contribution in [2.24, 2.45) is 0 Å². The van der Waals surface area contributed by atoms with Gasteiger partial charge in [0.2, 0.25) is 5.88 Å². The van der Waals surface area contributed by atoms with Crippen molar-refractivity contribution in [3.05, 3.63) is 28.1 Å². The predicted molar refractivity (Wildman–Crippen MR) is 65.5 cm³/mol. The summed E-state index contributed by atoms with van der Waals surface area (Å²) in [7, 11) is 1.58. The molecule has 0 atom stereocenters. The van der Waals surface area contributed by atoms with E-state index < -0.39 is 0 Å². The number of aromatic nitrogens is 1. The number of benzene rings is 1. The minimum absolute atomic E-state index is 0.0336. The van der Waals surface area contributed by atoms with E-state index >= 15 is 0 Å². The van der Waals surface area contributed by atoms with E-state index in [2.05, 4.69) is 4.98 Å². The highest BCUT2D eigenvalue weighted by molar-refractivity contribution is 7.13. The van der Waals surface area contributed by atoms with Crippen LogP contribution < -0.4 is 4.74 Å². The van der Waals surface area contributed by atoms with Gasteiger partial charge in [0, 0.05) is 5.56 Å². The van der Waals surface area contributed by atoms with Gasteiger partial charge in [0.1, 0.15) is 10.8 Å². The summed E-state index contributed by atoms with van der Waals surface area (Å²) in [6.07, 6.45) is 0. The summed E-state index contributed by atoms with van der Waals surface area (Å²) >= 11 is 7.43. The molecule has 0 radical (unpaired) electrons. The van der Waals surface area contributed by atoms with E-state index in [9.17, 15) is 5.11 Å². The topological polar surface area (TPSA) is 42.4 Å². The molecular weight excluding hydrogens is 246 g/mol. The lowest BCUT2D eigenvalue weighted by Crippen LogP contribution is -1.88. The van der Waals surface area contributed by atoms with Gasteiger partial charge in [0.15, 0.2) is 0 Å². The maximum Gasteiger partial charge on any atom is 0.222 e. The van der Waals surface area contributed by atoms with Gasteiger partial charge in [-0.2, -0.15) is 0 Å². The molecule has 0 spiro atoms. The van der Waals surface area contributed by atoms with Crippen LogP contribution in [0.2, 0.25) is 5.02 Å². The molecule has 0 amide bonds. The second-order valence-corrected chi connectivity index (χ2v) is 4.58. The molecule has 0 fully saturated rings. The van der Waals surface area contributed by atoms with E-state index in [0.717, 1.165) is 16.1 Å². The van der Waals surface area contributed by atoms with E-state index in [0.29, 0.717) is 10.8 Å². The second-order valence-electron chi connectivity index (χ2n) is 3.31. The maximum absolute atomic E-state index is 9.22. The Labute approximate surface area is 102 Å². The fourth-order valence-electron chi connectivity index (χ4n) is 1.43. The molecule has 2 aromatic rings. The van der Waals surface area contributed by atoms with Gasteiger partial charge >= 0.3 is 0 Å². The van der Waals surface area contributed by atoms with Crippen molar-refractivity contribution in [1.82, 2.24) is 4.98 Å². The van der Waals surface area contributed by atoms with Gasteiger partial charge in [0.05, 0.1) is 17.5 Å². The van der Waals surface area contributed by atoms with Crippen LogP contribution in [0, 0.1) is 6.92 Å². The van der Waals surface area contributed by atoms with Gasteiger partial charge in [0.25, 0.3) is 0 Å². The molecule has 1 aromatic heterocycles. The third-order valence-corrected chi connectivity index (χ3v) is 3.38.